The van der Waals surface area contributed by atoms with Crippen molar-refractivity contribution in [2.24, 2.45) is 10.6 Å². The van der Waals surface area contributed by atoms with Crippen molar-refractivity contribution >= 4 is 11.6 Å². The van der Waals surface area contributed by atoms with Crippen LogP contribution in [0.5, 0.6) is 5.75 Å². The summed E-state index contributed by atoms with van der Waals surface area (Å²) in [4.78, 5) is 22.4. The van der Waals surface area contributed by atoms with E-state index in [0.717, 1.165) is 42.3 Å². The zero-order valence-electron chi connectivity index (χ0n) is 20.6. The van der Waals surface area contributed by atoms with Crippen LogP contribution in [0.1, 0.15) is 50.2 Å². The summed E-state index contributed by atoms with van der Waals surface area (Å²) in [6.45, 7) is 8.90. The summed E-state index contributed by atoms with van der Waals surface area (Å²) >= 11 is 0. The number of likely N-dealkylation sites (tertiary alicyclic amines) is 2. The van der Waals surface area contributed by atoms with Crippen LogP contribution in [-0.4, -0.2) is 85.7 Å². The number of rotatable bonds is 4. The minimum atomic E-state index is -1.77. The SMILES string of the molecule is CO/N=C1\CC2(CCN(C(=O)C3(F)CCN(CC4(C)COC4)CC3)CC2)Oc2ccc(C)cc21. The number of carbonyl (C=O) groups is 1. The van der Waals surface area contributed by atoms with Crippen LogP contribution in [0.15, 0.2) is 23.4 Å². The molecule has 3 fully saturated rings. The van der Waals surface area contributed by atoms with Gasteiger partial charge in [0.15, 0.2) is 5.67 Å². The maximum Gasteiger partial charge on any atom is 0.260 e. The lowest BCUT2D eigenvalue weighted by molar-refractivity contribution is -0.153. The number of alkyl halides is 1. The fourth-order valence-electron chi connectivity index (χ4n) is 5.86. The molecule has 1 spiro atoms. The van der Waals surface area contributed by atoms with Gasteiger partial charge in [-0.3, -0.25) is 4.79 Å². The Balaban J connectivity index is 1.21. The Morgan fingerprint density at radius 1 is 1.15 bits per heavy atom. The highest BCUT2D eigenvalue weighted by Crippen LogP contribution is 2.41. The molecule has 3 saturated heterocycles. The van der Waals surface area contributed by atoms with Crippen molar-refractivity contribution in [2.75, 3.05) is 53.0 Å². The van der Waals surface area contributed by atoms with Gasteiger partial charge in [-0.15, -0.1) is 0 Å². The van der Waals surface area contributed by atoms with E-state index in [-0.39, 0.29) is 24.2 Å². The molecule has 0 N–H and O–H groups in total. The summed E-state index contributed by atoms with van der Waals surface area (Å²) in [5.41, 5.74) is 0.929. The molecule has 1 amide bonds. The lowest BCUT2D eigenvalue weighted by Gasteiger charge is -2.47. The minimum absolute atomic E-state index is 0.170. The second kappa shape index (κ2) is 8.79. The van der Waals surface area contributed by atoms with Crippen LogP contribution < -0.4 is 4.74 Å². The number of piperidine rings is 2. The quantitative estimate of drug-likeness (QED) is 0.628. The highest BCUT2D eigenvalue weighted by molar-refractivity contribution is 6.04. The van der Waals surface area contributed by atoms with Crippen LogP contribution in [-0.2, 0) is 14.4 Å². The van der Waals surface area contributed by atoms with Gasteiger partial charge in [0, 0.05) is 75.8 Å². The first-order valence-corrected chi connectivity index (χ1v) is 12.4. The van der Waals surface area contributed by atoms with Crippen molar-refractivity contribution in [3.63, 3.8) is 0 Å². The monoisotopic (exact) mass is 473 g/mol. The van der Waals surface area contributed by atoms with Gasteiger partial charge >= 0.3 is 0 Å². The van der Waals surface area contributed by atoms with Gasteiger partial charge in [-0.1, -0.05) is 23.7 Å². The Kier molecular flexibility index (Phi) is 6.09. The molecule has 4 aliphatic rings. The van der Waals surface area contributed by atoms with Crippen molar-refractivity contribution < 1.29 is 23.5 Å². The smallest absolute Gasteiger partial charge is 0.260 e. The number of hydrogen-bond acceptors (Lipinski definition) is 6. The third kappa shape index (κ3) is 4.42. The molecule has 0 saturated carbocycles. The second-order valence-corrected chi connectivity index (χ2v) is 11.0. The lowest BCUT2D eigenvalue weighted by Crippen LogP contribution is -2.58. The molecular formula is C26H36FN3O4. The molecule has 1 aromatic rings. The maximum absolute atomic E-state index is 15.8. The summed E-state index contributed by atoms with van der Waals surface area (Å²) in [5.74, 6) is 0.449. The molecule has 5 rings (SSSR count). The summed E-state index contributed by atoms with van der Waals surface area (Å²) in [7, 11) is 1.55. The van der Waals surface area contributed by atoms with Gasteiger partial charge < -0.3 is 24.1 Å². The third-order valence-corrected chi connectivity index (χ3v) is 7.96. The first-order chi connectivity index (χ1) is 16.2. The van der Waals surface area contributed by atoms with Crippen molar-refractivity contribution in [1.82, 2.24) is 9.80 Å². The van der Waals surface area contributed by atoms with Crippen LogP contribution in [0.3, 0.4) is 0 Å². The Labute approximate surface area is 201 Å². The third-order valence-electron chi connectivity index (χ3n) is 7.96. The van der Waals surface area contributed by atoms with E-state index in [4.69, 9.17) is 14.3 Å². The Hall–Kier alpha value is -2.19. The summed E-state index contributed by atoms with van der Waals surface area (Å²) in [6, 6.07) is 6.07. The van der Waals surface area contributed by atoms with Gasteiger partial charge in [-0.2, -0.15) is 0 Å². The number of halogens is 1. The average molecular weight is 474 g/mol. The van der Waals surface area contributed by atoms with Gasteiger partial charge in [0.1, 0.15) is 18.5 Å². The molecule has 0 aromatic heterocycles. The summed E-state index contributed by atoms with van der Waals surface area (Å²) < 4.78 is 27.6. The van der Waals surface area contributed by atoms with E-state index in [2.05, 4.69) is 23.0 Å². The number of aryl methyl sites for hydroxylation is 1. The number of amides is 1. The van der Waals surface area contributed by atoms with Crippen molar-refractivity contribution in [3.8, 4) is 5.75 Å². The Morgan fingerprint density at radius 2 is 1.85 bits per heavy atom. The molecule has 7 nitrogen and oxygen atoms in total. The van der Waals surface area contributed by atoms with Gasteiger partial charge in [-0.05, 0) is 19.1 Å². The van der Waals surface area contributed by atoms with E-state index in [9.17, 15) is 4.79 Å². The van der Waals surface area contributed by atoms with E-state index < -0.39 is 11.3 Å². The first kappa shape index (κ1) is 23.5. The Morgan fingerprint density at radius 3 is 2.47 bits per heavy atom. The van der Waals surface area contributed by atoms with Crippen LogP contribution in [0, 0.1) is 12.3 Å². The molecule has 0 bridgehead atoms. The molecule has 1 aromatic carbocycles. The maximum atomic E-state index is 15.8. The standard InChI is InChI=1S/C26H36FN3O4/c1-19-4-5-22-20(14-19)21(28-32-3)15-25(34-22)6-12-30(13-7-25)23(31)26(27)8-10-29(11-9-26)16-24(2)17-33-18-24/h4-5,14H,6-13,15-18H2,1-3H3/b28-21+. The Bertz CT molecular complexity index is 961. The van der Waals surface area contributed by atoms with Crippen molar-refractivity contribution in [2.45, 2.75) is 57.2 Å². The van der Waals surface area contributed by atoms with E-state index >= 15 is 4.39 Å². The number of oxime groups is 1. The molecule has 0 radical (unpaired) electrons. The fourth-order valence-corrected chi connectivity index (χ4v) is 5.86. The topological polar surface area (TPSA) is 63.6 Å². The second-order valence-electron chi connectivity index (χ2n) is 11.0. The van der Waals surface area contributed by atoms with E-state index in [1.54, 1.807) is 12.0 Å². The highest BCUT2D eigenvalue weighted by Gasteiger charge is 2.49. The average Bonchev–Trinajstić information content (AvgIpc) is 2.80. The minimum Gasteiger partial charge on any atom is -0.486 e. The molecule has 4 heterocycles. The number of fused-ring (bicyclic) bond motifs is 1. The fraction of sp³-hybridized carbons (Fsp3) is 0.692. The lowest BCUT2D eigenvalue weighted by atomic mass is 9.81. The van der Waals surface area contributed by atoms with Crippen LogP contribution in [0.4, 0.5) is 4.39 Å². The molecule has 186 valence electrons. The summed E-state index contributed by atoms with van der Waals surface area (Å²) in [5, 5.41) is 4.28. The number of hydrogen-bond donors (Lipinski definition) is 0. The van der Waals surface area contributed by atoms with Crippen molar-refractivity contribution in [1.29, 1.82) is 0 Å². The van der Waals surface area contributed by atoms with Gasteiger partial charge in [-0.25, -0.2) is 4.39 Å². The number of benzene rings is 1. The number of ether oxygens (including phenoxy) is 2. The summed E-state index contributed by atoms with van der Waals surface area (Å²) in [6.07, 6.45) is 2.44. The highest BCUT2D eigenvalue weighted by atomic mass is 19.1. The van der Waals surface area contributed by atoms with Gasteiger partial charge in [0.2, 0.25) is 0 Å². The van der Waals surface area contributed by atoms with E-state index in [1.165, 1.54) is 0 Å². The first-order valence-electron chi connectivity index (χ1n) is 12.4. The molecule has 8 heteroatoms. The van der Waals surface area contributed by atoms with Gasteiger partial charge in [0.25, 0.3) is 5.91 Å². The predicted octanol–water partition coefficient (Wildman–Crippen LogP) is 3.33. The zero-order valence-corrected chi connectivity index (χ0v) is 20.6. The number of carbonyl (C=O) groups excluding carboxylic acids is 1. The molecule has 0 unspecified atom stereocenters. The molecule has 0 atom stereocenters. The molecule has 34 heavy (non-hydrogen) atoms. The molecular weight excluding hydrogens is 437 g/mol. The van der Waals surface area contributed by atoms with E-state index in [1.807, 2.05) is 19.1 Å². The normalized spacial score (nSPS) is 26.5. The molecule has 0 aliphatic carbocycles. The largest absolute Gasteiger partial charge is 0.486 e. The van der Waals surface area contributed by atoms with Crippen LogP contribution in [0.2, 0.25) is 0 Å². The van der Waals surface area contributed by atoms with E-state index in [0.29, 0.717) is 45.4 Å². The molecule has 4 aliphatic heterocycles. The number of nitrogens with zero attached hydrogens (tertiary/aromatic N) is 3. The van der Waals surface area contributed by atoms with Crippen molar-refractivity contribution in [3.05, 3.63) is 29.3 Å². The van der Waals surface area contributed by atoms with Crippen LogP contribution >= 0.6 is 0 Å². The predicted molar refractivity (Wildman–Crippen MR) is 127 cm³/mol. The van der Waals surface area contributed by atoms with Gasteiger partial charge in [0.05, 0.1) is 18.9 Å². The van der Waals surface area contributed by atoms with Crippen LogP contribution in [0.25, 0.3) is 0 Å². The zero-order chi connectivity index (χ0) is 24.0.